The molecule has 1 heterocycles. The molecule has 2 heteroatoms. The SMILES string of the molecule is CCC1CCC(CN)C(C2CCOC3(CCC3)C2)C1. The van der Waals surface area contributed by atoms with Crippen molar-refractivity contribution in [2.45, 2.75) is 70.3 Å². The van der Waals surface area contributed by atoms with Gasteiger partial charge in [0.2, 0.25) is 0 Å². The second-order valence-corrected chi connectivity index (χ2v) is 7.38. The van der Waals surface area contributed by atoms with E-state index in [2.05, 4.69) is 6.92 Å². The Morgan fingerprint density at radius 1 is 1.21 bits per heavy atom. The van der Waals surface area contributed by atoms with Gasteiger partial charge in [0, 0.05) is 6.61 Å². The molecule has 0 aromatic carbocycles. The maximum Gasteiger partial charge on any atom is 0.0685 e. The first kappa shape index (κ1) is 13.9. The van der Waals surface area contributed by atoms with Crippen molar-refractivity contribution in [1.82, 2.24) is 0 Å². The number of hydrogen-bond acceptors (Lipinski definition) is 2. The molecule has 3 rings (SSSR count). The minimum Gasteiger partial charge on any atom is -0.375 e. The Hall–Kier alpha value is -0.0800. The first-order valence-electron chi connectivity index (χ1n) is 8.60. The van der Waals surface area contributed by atoms with Gasteiger partial charge in [-0.1, -0.05) is 19.8 Å². The summed E-state index contributed by atoms with van der Waals surface area (Å²) in [5, 5.41) is 0. The second-order valence-electron chi connectivity index (χ2n) is 7.38. The summed E-state index contributed by atoms with van der Waals surface area (Å²) in [6.07, 6.45) is 12.3. The molecule has 110 valence electrons. The van der Waals surface area contributed by atoms with Crippen LogP contribution in [0.25, 0.3) is 0 Å². The predicted octanol–water partition coefficient (Wildman–Crippen LogP) is 3.74. The smallest absolute Gasteiger partial charge is 0.0685 e. The Bertz CT molecular complexity index is 300. The first-order valence-corrected chi connectivity index (χ1v) is 8.60. The fourth-order valence-electron chi connectivity index (χ4n) is 4.95. The Kier molecular flexibility index (Phi) is 4.19. The van der Waals surface area contributed by atoms with Crippen molar-refractivity contribution in [2.24, 2.45) is 29.4 Å². The molecule has 19 heavy (non-hydrogen) atoms. The fourth-order valence-corrected chi connectivity index (χ4v) is 4.95. The summed E-state index contributed by atoms with van der Waals surface area (Å²) in [6.45, 7) is 4.28. The molecule has 0 bridgehead atoms. The molecular weight excluding hydrogens is 234 g/mol. The van der Waals surface area contributed by atoms with Crippen molar-refractivity contribution >= 4 is 0 Å². The zero-order chi connectivity index (χ0) is 13.3. The topological polar surface area (TPSA) is 35.2 Å². The summed E-state index contributed by atoms with van der Waals surface area (Å²) < 4.78 is 6.11. The highest BCUT2D eigenvalue weighted by Crippen LogP contribution is 2.50. The first-order chi connectivity index (χ1) is 9.26. The van der Waals surface area contributed by atoms with Gasteiger partial charge in [0.1, 0.15) is 0 Å². The van der Waals surface area contributed by atoms with Crippen LogP contribution < -0.4 is 5.73 Å². The van der Waals surface area contributed by atoms with Crippen LogP contribution in [0.4, 0.5) is 0 Å². The van der Waals surface area contributed by atoms with E-state index in [1.54, 1.807) is 0 Å². The lowest BCUT2D eigenvalue weighted by Crippen LogP contribution is -2.48. The normalized spacial score (nSPS) is 42.0. The van der Waals surface area contributed by atoms with Crippen LogP contribution in [0, 0.1) is 23.7 Å². The Balaban J connectivity index is 1.67. The van der Waals surface area contributed by atoms with Gasteiger partial charge in [-0.2, -0.15) is 0 Å². The molecular formula is C17H31NO. The summed E-state index contributed by atoms with van der Waals surface area (Å²) in [5.41, 5.74) is 6.38. The van der Waals surface area contributed by atoms with Gasteiger partial charge >= 0.3 is 0 Å². The summed E-state index contributed by atoms with van der Waals surface area (Å²) in [6, 6.07) is 0. The molecule has 1 aliphatic heterocycles. The van der Waals surface area contributed by atoms with E-state index in [1.807, 2.05) is 0 Å². The third kappa shape index (κ3) is 2.71. The van der Waals surface area contributed by atoms with Crippen LogP contribution in [-0.4, -0.2) is 18.8 Å². The van der Waals surface area contributed by atoms with Crippen molar-refractivity contribution in [3.05, 3.63) is 0 Å². The molecule has 3 fully saturated rings. The molecule has 0 amide bonds. The van der Waals surface area contributed by atoms with Gasteiger partial charge in [-0.3, -0.25) is 0 Å². The maximum atomic E-state index is 6.11. The van der Waals surface area contributed by atoms with E-state index < -0.39 is 0 Å². The molecule has 3 aliphatic rings. The summed E-state index contributed by atoms with van der Waals surface area (Å²) >= 11 is 0. The average Bonchev–Trinajstić information content (AvgIpc) is 2.45. The minimum absolute atomic E-state index is 0.307. The minimum atomic E-state index is 0.307. The average molecular weight is 265 g/mol. The van der Waals surface area contributed by atoms with Crippen molar-refractivity contribution in [2.75, 3.05) is 13.2 Å². The third-order valence-electron chi connectivity index (χ3n) is 6.44. The van der Waals surface area contributed by atoms with Crippen LogP contribution in [0.5, 0.6) is 0 Å². The van der Waals surface area contributed by atoms with Gasteiger partial charge < -0.3 is 10.5 Å². The highest BCUT2D eigenvalue weighted by Gasteiger charge is 2.46. The molecule has 2 N–H and O–H groups in total. The lowest BCUT2D eigenvalue weighted by Gasteiger charge is -2.51. The predicted molar refractivity (Wildman–Crippen MR) is 78.9 cm³/mol. The zero-order valence-corrected chi connectivity index (χ0v) is 12.6. The summed E-state index contributed by atoms with van der Waals surface area (Å²) in [7, 11) is 0. The second kappa shape index (κ2) is 5.73. The van der Waals surface area contributed by atoms with E-state index in [-0.39, 0.29) is 0 Å². The molecule has 0 aromatic rings. The van der Waals surface area contributed by atoms with E-state index in [0.717, 1.165) is 36.8 Å². The van der Waals surface area contributed by atoms with E-state index in [0.29, 0.717) is 5.60 Å². The van der Waals surface area contributed by atoms with Gasteiger partial charge in [0.25, 0.3) is 0 Å². The Morgan fingerprint density at radius 3 is 2.68 bits per heavy atom. The molecule has 4 unspecified atom stereocenters. The largest absolute Gasteiger partial charge is 0.375 e. The standard InChI is InChI=1S/C17H31NO/c1-2-13-4-5-15(12-18)16(10-13)14-6-9-19-17(11-14)7-3-8-17/h13-16H,2-12,18H2,1H3. The fraction of sp³-hybridized carbons (Fsp3) is 1.00. The summed E-state index contributed by atoms with van der Waals surface area (Å²) in [5.74, 6) is 3.55. The van der Waals surface area contributed by atoms with Gasteiger partial charge in [-0.25, -0.2) is 0 Å². The van der Waals surface area contributed by atoms with Crippen molar-refractivity contribution < 1.29 is 4.74 Å². The van der Waals surface area contributed by atoms with E-state index >= 15 is 0 Å². The van der Waals surface area contributed by atoms with Crippen molar-refractivity contribution in [3.63, 3.8) is 0 Å². The van der Waals surface area contributed by atoms with Gasteiger partial charge in [-0.05, 0) is 75.2 Å². The van der Waals surface area contributed by atoms with E-state index in [9.17, 15) is 0 Å². The lowest BCUT2D eigenvalue weighted by molar-refractivity contribution is -0.155. The summed E-state index contributed by atoms with van der Waals surface area (Å²) in [4.78, 5) is 0. The van der Waals surface area contributed by atoms with Crippen LogP contribution in [0.1, 0.15) is 64.7 Å². The highest BCUT2D eigenvalue weighted by molar-refractivity contribution is 4.97. The quantitative estimate of drug-likeness (QED) is 0.843. The molecule has 2 aliphatic carbocycles. The van der Waals surface area contributed by atoms with Crippen LogP contribution in [0.3, 0.4) is 0 Å². The molecule has 1 spiro atoms. The Labute approximate surface area is 118 Å². The number of hydrogen-bond donors (Lipinski definition) is 1. The Morgan fingerprint density at radius 2 is 2.05 bits per heavy atom. The molecule has 0 radical (unpaired) electrons. The lowest BCUT2D eigenvalue weighted by atomic mass is 9.62. The molecule has 0 aromatic heterocycles. The zero-order valence-electron chi connectivity index (χ0n) is 12.6. The monoisotopic (exact) mass is 265 g/mol. The molecule has 1 saturated heterocycles. The third-order valence-corrected chi connectivity index (χ3v) is 6.44. The molecule has 4 atom stereocenters. The van der Waals surface area contributed by atoms with Gasteiger partial charge in [0.15, 0.2) is 0 Å². The number of ether oxygens (including phenoxy) is 1. The maximum absolute atomic E-state index is 6.11. The van der Waals surface area contributed by atoms with Gasteiger partial charge in [0.05, 0.1) is 5.60 Å². The van der Waals surface area contributed by atoms with Crippen LogP contribution in [-0.2, 0) is 4.74 Å². The van der Waals surface area contributed by atoms with Crippen LogP contribution in [0.15, 0.2) is 0 Å². The molecule has 2 nitrogen and oxygen atoms in total. The van der Waals surface area contributed by atoms with E-state index in [1.165, 1.54) is 57.8 Å². The van der Waals surface area contributed by atoms with E-state index in [4.69, 9.17) is 10.5 Å². The highest BCUT2D eigenvalue weighted by atomic mass is 16.5. The van der Waals surface area contributed by atoms with Crippen LogP contribution in [0.2, 0.25) is 0 Å². The number of rotatable bonds is 3. The van der Waals surface area contributed by atoms with Crippen molar-refractivity contribution in [1.29, 1.82) is 0 Å². The van der Waals surface area contributed by atoms with Crippen molar-refractivity contribution in [3.8, 4) is 0 Å². The van der Waals surface area contributed by atoms with Gasteiger partial charge in [-0.15, -0.1) is 0 Å². The molecule has 2 saturated carbocycles. The van der Waals surface area contributed by atoms with Crippen LogP contribution >= 0.6 is 0 Å². The number of nitrogens with two attached hydrogens (primary N) is 1.